The molecule has 1 aliphatic heterocycles. The van der Waals surface area contributed by atoms with Gasteiger partial charge in [-0.3, -0.25) is 9.69 Å². The minimum absolute atomic E-state index is 0.0361. The van der Waals surface area contributed by atoms with Crippen molar-refractivity contribution in [1.29, 1.82) is 0 Å². The zero-order chi connectivity index (χ0) is 16.8. The molecule has 0 bridgehead atoms. The number of carbonyl (C=O) groups excluding carboxylic acids is 2. The fourth-order valence-electron chi connectivity index (χ4n) is 2.56. The average molecular weight is 338 g/mol. The minimum Gasteiger partial charge on any atom is -0.361 e. The molecule has 1 fully saturated rings. The minimum atomic E-state index is -1.35. The smallest absolute Gasteiger partial charge is 0.325 e. The number of imide groups is 1. The van der Waals surface area contributed by atoms with E-state index in [2.05, 4.69) is 10.5 Å². The van der Waals surface area contributed by atoms with Crippen molar-refractivity contribution < 1.29 is 18.5 Å². The molecule has 0 spiro atoms. The first-order valence-corrected chi connectivity index (χ1v) is 7.20. The summed E-state index contributed by atoms with van der Waals surface area (Å²) in [6.07, 6.45) is 1.45. The van der Waals surface area contributed by atoms with Gasteiger partial charge in [0.2, 0.25) is 0 Å². The van der Waals surface area contributed by atoms with E-state index >= 15 is 0 Å². The van der Waals surface area contributed by atoms with Crippen molar-refractivity contribution in [2.45, 2.75) is 25.9 Å². The third-order valence-corrected chi connectivity index (χ3v) is 4.24. The number of benzene rings is 1. The molecule has 0 unspecified atom stereocenters. The van der Waals surface area contributed by atoms with E-state index in [0.717, 1.165) is 11.0 Å². The van der Waals surface area contributed by atoms with Crippen LogP contribution < -0.4 is 5.32 Å². The van der Waals surface area contributed by atoms with Gasteiger partial charge in [-0.05, 0) is 26.0 Å². The van der Waals surface area contributed by atoms with E-state index in [1.54, 1.807) is 6.92 Å². The molecule has 0 radical (unpaired) electrons. The zero-order valence-corrected chi connectivity index (χ0v) is 13.1. The Labute approximate surface area is 136 Å². The van der Waals surface area contributed by atoms with Gasteiger partial charge in [0.15, 0.2) is 0 Å². The number of hydrogen-bond donors (Lipinski definition) is 1. The Balaban J connectivity index is 1.95. The molecule has 0 aliphatic carbocycles. The van der Waals surface area contributed by atoms with Crippen LogP contribution in [-0.2, 0) is 16.9 Å². The lowest BCUT2D eigenvalue weighted by Crippen LogP contribution is -2.41. The second-order valence-electron chi connectivity index (χ2n) is 5.48. The second kappa shape index (κ2) is 5.34. The highest BCUT2D eigenvalue weighted by Gasteiger charge is 2.50. The van der Waals surface area contributed by atoms with Gasteiger partial charge in [0, 0.05) is 16.1 Å². The maximum Gasteiger partial charge on any atom is 0.325 e. The molecule has 1 aliphatic rings. The standard InChI is InChI=1S/C15H13ClFN3O3/c1-8-9(6-18-23-8)7-20-13(21)15(2,19-14(20)22)11-4-3-10(17)5-12(11)16/h3-6H,7H2,1-2H3,(H,19,22)/t15-/m0/s1. The molecule has 1 saturated heterocycles. The SMILES string of the molecule is Cc1oncc1CN1C(=O)N[C@@](C)(c2ccc(F)cc2Cl)C1=O. The molecule has 120 valence electrons. The van der Waals surface area contributed by atoms with Crippen LogP contribution in [0.15, 0.2) is 28.9 Å². The summed E-state index contributed by atoms with van der Waals surface area (Å²) >= 11 is 6.04. The summed E-state index contributed by atoms with van der Waals surface area (Å²) in [4.78, 5) is 26.0. The van der Waals surface area contributed by atoms with Crippen LogP contribution in [0.2, 0.25) is 5.02 Å². The van der Waals surface area contributed by atoms with E-state index in [1.807, 2.05) is 0 Å². The van der Waals surface area contributed by atoms with Crippen molar-refractivity contribution in [3.8, 4) is 0 Å². The predicted molar refractivity (Wildman–Crippen MR) is 79.1 cm³/mol. The van der Waals surface area contributed by atoms with E-state index in [0.29, 0.717) is 16.9 Å². The first-order valence-electron chi connectivity index (χ1n) is 6.82. The van der Waals surface area contributed by atoms with Gasteiger partial charge in [0.05, 0.1) is 12.7 Å². The molecule has 8 heteroatoms. The van der Waals surface area contributed by atoms with Crippen LogP contribution >= 0.6 is 11.6 Å². The van der Waals surface area contributed by atoms with Crippen molar-refractivity contribution in [2.24, 2.45) is 0 Å². The Morgan fingerprint density at radius 3 is 2.78 bits per heavy atom. The molecule has 2 heterocycles. The average Bonchev–Trinajstić information content (AvgIpc) is 2.96. The summed E-state index contributed by atoms with van der Waals surface area (Å²) in [7, 11) is 0. The Bertz CT molecular complexity index is 807. The number of aromatic nitrogens is 1. The molecule has 1 N–H and O–H groups in total. The van der Waals surface area contributed by atoms with Crippen molar-refractivity contribution in [3.63, 3.8) is 0 Å². The summed E-state index contributed by atoms with van der Waals surface area (Å²) in [5, 5.41) is 6.32. The van der Waals surface area contributed by atoms with Gasteiger partial charge in [0.25, 0.3) is 5.91 Å². The lowest BCUT2D eigenvalue weighted by Gasteiger charge is -2.23. The lowest BCUT2D eigenvalue weighted by atomic mass is 9.92. The first kappa shape index (κ1) is 15.5. The number of urea groups is 1. The fourth-order valence-corrected chi connectivity index (χ4v) is 2.92. The highest BCUT2D eigenvalue weighted by atomic mass is 35.5. The molecule has 1 aromatic carbocycles. The predicted octanol–water partition coefficient (Wildman–Crippen LogP) is 2.74. The molecule has 3 rings (SSSR count). The van der Waals surface area contributed by atoms with Crippen LogP contribution in [-0.4, -0.2) is 22.0 Å². The number of halogens is 2. The molecule has 0 saturated carbocycles. The van der Waals surface area contributed by atoms with E-state index in [1.165, 1.54) is 25.3 Å². The van der Waals surface area contributed by atoms with Gasteiger partial charge in [-0.25, -0.2) is 9.18 Å². The van der Waals surface area contributed by atoms with E-state index in [4.69, 9.17) is 16.1 Å². The van der Waals surface area contributed by atoms with Gasteiger partial charge >= 0.3 is 6.03 Å². The molecule has 2 aromatic rings. The summed E-state index contributed by atoms with van der Waals surface area (Å²) in [6.45, 7) is 3.26. The third kappa shape index (κ3) is 2.46. The Hall–Kier alpha value is -2.41. The number of amides is 3. The van der Waals surface area contributed by atoms with Crippen LogP contribution in [0, 0.1) is 12.7 Å². The van der Waals surface area contributed by atoms with Crippen LogP contribution in [0.1, 0.15) is 23.8 Å². The largest absolute Gasteiger partial charge is 0.361 e. The van der Waals surface area contributed by atoms with Crippen molar-refractivity contribution in [1.82, 2.24) is 15.4 Å². The normalized spacial score (nSPS) is 21.0. The Morgan fingerprint density at radius 1 is 1.43 bits per heavy atom. The first-order chi connectivity index (χ1) is 10.8. The van der Waals surface area contributed by atoms with Crippen molar-refractivity contribution in [3.05, 3.63) is 52.1 Å². The van der Waals surface area contributed by atoms with E-state index in [9.17, 15) is 14.0 Å². The maximum atomic E-state index is 13.2. The van der Waals surface area contributed by atoms with Gasteiger partial charge in [-0.2, -0.15) is 0 Å². The topological polar surface area (TPSA) is 75.4 Å². The summed E-state index contributed by atoms with van der Waals surface area (Å²) in [5.74, 6) is -0.466. The van der Waals surface area contributed by atoms with E-state index in [-0.39, 0.29) is 11.6 Å². The monoisotopic (exact) mass is 337 g/mol. The maximum absolute atomic E-state index is 13.2. The fraction of sp³-hybridized carbons (Fsp3) is 0.267. The molecule has 1 atom stereocenters. The van der Waals surface area contributed by atoms with Gasteiger partial charge in [0.1, 0.15) is 17.1 Å². The quantitative estimate of drug-likeness (QED) is 0.874. The Kier molecular flexibility index (Phi) is 3.60. The molecular formula is C15H13ClFN3O3. The molecule has 3 amide bonds. The van der Waals surface area contributed by atoms with Gasteiger partial charge < -0.3 is 9.84 Å². The molecule has 6 nitrogen and oxygen atoms in total. The van der Waals surface area contributed by atoms with Gasteiger partial charge in [-0.1, -0.05) is 22.8 Å². The number of rotatable bonds is 3. The summed E-state index contributed by atoms with van der Waals surface area (Å²) < 4.78 is 18.2. The summed E-state index contributed by atoms with van der Waals surface area (Å²) in [6, 6.07) is 3.13. The van der Waals surface area contributed by atoms with Crippen LogP contribution in [0.25, 0.3) is 0 Å². The molecular weight excluding hydrogens is 325 g/mol. The van der Waals surface area contributed by atoms with Gasteiger partial charge in [-0.15, -0.1) is 0 Å². The second-order valence-corrected chi connectivity index (χ2v) is 5.89. The number of carbonyl (C=O) groups is 2. The number of nitrogens with one attached hydrogen (secondary N) is 1. The number of hydrogen-bond acceptors (Lipinski definition) is 4. The van der Waals surface area contributed by atoms with Crippen LogP contribution in [0.4, 0.5) is 9.18 Å². The molecule has 1 aromatic heterocycles. The highest BCUT2D eigenvalue weighted by molar-refractivity contribution is 6.32. The van der Waals surface area contributed by atoms with Crippen molar-refractivity contribution >= 4 is 23.5 Å². The third-order valence-electron chi connectivity index (χ3n) is 3.92. The number of aryl methyl sites for hydroxylation is 1. The zero-order valence-electron chi connectivity index (χ0n) is 12.4. The van der Waals surface area contributed by atoms with E-state index < -0.39 is 23.3 Å². The van der Waals surface area contributed by atoms with Crippen molar-refractivity contribution in [2.75, 3.05) is 0 Å². The number of nitrogens with zero attached hydrogens (tertiary/aromatic N) is 2. The highest BCUT2D eigenvalue weighted by Crippen LogP contribution is 2.34. The van der Waals surface area contributed by atoms with Crippen LogP contribution in [0.5, 0.6) is 0 Å². The Morgan fingerprint density at radius 2 is 2.17 bits per heavy atom. The summed E-state index contributed by atoms with van der Waals surface area (Å²) in [5.41, 5.74) is -0.390. The lowest BCUT2D eigenvalue weighted by molar-refractivity contribution is -0.131. The van der Waals surface area contributed by atoms with Crippen LogP contribution in [0.3, 0.4) is 0 Å². The molecule has 23 heavy (non-hydrogen) atoms.